The van der Waals surface area contributed by atoms with E-state index in [0.29, 0.717) is 6.61 Å². The normalized spacial score (nSPS) is 23.1. The van der Waals surface area contributed by atoms with Crippen LogP contribution >= 0.6 is 0 Å². The fraction of sp³-hybridized carbons (Fsp3) is 0.875. The smallest absolute Gasteiger partial charge is 0.421 e. The van der Waals surface area contributed by atoms with Crippen molar-refractivity contribution in [2.24, 2.45) is 0 Å². The zero-order valence-electron chi connectivity index (χ0n) is 7.82. The van der Waals surface area contributed by atoms with E-state index in [-0.39, 0.29) is 12.6 Å². The summed E-state index contributed by atoms with van der Waals surface area (Å²) in [6, 6.07) is 0.0457. The third kappa shape index (κ3) is 2.86. The van der Waals surface area contributed by atoms with Crippen molar-refractivity contribution in [1.29, 1.82) is 0 Å². The van der Waals surface area contributed by atoms with Crippen molar-refractivity contribution in [2.75, 3.05) is 19.8 Å². The van der Waals surface area contributed by atoms with Crippen molar-refractivity contribution in [1.82, 2.24) is 10.4 Å². The first kappa shape index (κ1) is 10.3. The fourth-order valence-electron chi connectivity index (χ4n) is 1.45. The lowest BCUT2D eigenvalue weighted by atomic mass is 10.2. The summed E-state index contributed by atoms with van der Waals surface area (Å²) in [4.78, 5) is 11.0. The van der Waals surface area contributed by atoms with Gasteiger partial charge in [-0.3, -0.25) is 5.43 Å². The molecule has 0 aromatic carbocycles. The van der Waals surface area contributed by atoms with Gasteiger partial charge in [-0.05, 0) is 19.8 Å². The maximum absolute atomic E-state index is 11.0. The van der Waals surface area contributed by atoms with Crippen LogP contribution in [0.25, 0.3) is 0 Å². The Kier molecular flexibility index (Phi) is 3.98. The highest BCUT2D eigenvalue weighted by molar-refractivity contribution is 5.66. The molecule has 0 bridgehead atoms. The Morgan fingerprint density at radius 1 is 1.77 bits per heavy atom. The number of rotatable bonds is 3. The highest BCUT2D eigenvalue weighted by Crippen LogP contribution is 2.13. The summed E-state index contributed by atoms with van der Waals surface area (Å²) in [5.41, 5.74) is 2.59. The standard InChI is InChI=1S/C8H16N2O3/c1-2-13-8(12)9-10-5-3-4-7(10)6-11/h7,11H,2-6H2,1H3,(H,9,12). The first-order valence-corrected chi connectivity index (χ1v) is 4.58. The number of ether oxygens (including phenoxy) is 1. The molecule has 0 aliphatic carbocycles. The molecular weight excluding hydrogens is 172 g/mol. The van der Waals surface area contributed by atoms with Crippen molar-refractivity contribution in [3.63, 3.8) is 0 Å². The minimum Gasteiger partial charge on any atom is -0.449 e. The Morgan fingerprint density at radius 2 is 2.54 bits per heavy atom. The van der Waals surface area contributed by atoms with E-state index < -0.39 is 6.09 Å². The molecule has 1 atom stereocenters. The number of carbonyl (C=O) groups excluding carboxylic acids is 1. The SMILES string of the molecule is CCOC(=O)NN1CCCC1CO. The molecule has 0 saturated carbocycles. The molecule has 0 aromatic rings. The van der Waals surface area contributed by atoms with Gasteiger partial charge in [-0.2, -0.15) is 0 Å². The van der Waals surface area contributed by atoms with Crippen LogP contribution in [0.2, 0.25) is 0 Å². The van der Waals surface area contributed by atoms with Gasteiger partial charge in [0.15, 0.2) is 0 Å². The molecular formula is C8H16N2O3. The lowest BCUT2D eigenvalue weighted by Gasteiger charge is -2.22. The summed E-state index contributed by atoms with van der Waals surface area (Å²) in [6.07, 6.45) is 1.48. The molecule has 1 heterocycles. The third-order valence-corrected chi connectivity index (χ3v) is 2.10. The second-order valence-corrected chi connectivity index (χ2v) is 3.00. The zero-order valence-corrected chi connectivity index (χ0v) is 7.82. The maximum Gasteiger partial charge on any atom is 0.421 e. The van der Waals surface area contributed by atoms with Gasteiger partial charge in [-0.1, -0.05) is 0 Å². The highest BCUT2D eigenvalue weighted by atomic mass is 16.6. The lowest BCUT2D eigenvalue weighted by Crippen LogP contribution is -2.46. The van der Waals surface area contributed by atoms with Crippen LogP contribution in [0.5, 0.6) is 0 Å². The molecule has 0 spiro atoms. The molecule has 1 rings (SSSR count). The Morgan fingerprint density at radius 3 is 3.15 bits per heavy atom. The second kappa shape index (κ2) is 5.04. The summed E-state index contributed by atoms with van der Waals surface area (Å²) < 4.78 is 4.72. The molecule has 0 radical (unpaired) electrons. The molecule has 5 heteroatoms. The van der Waals surface area contributed by atoms with Crippen molar-refractivity contribution in [3.05, 3.63) is 0 Å². The van der Waals surface area contributed by atoms with E-state index >= 15 is 0 Å². The van der Waals surface area contributed by atoms with E-state index in [1.165, 1.54) is 0 Å². The van der Waals surface area contributed by atoms with E-state index in [2.05, 4.69) is 5.43 Å². The Hall–Kier alpha value is -0.810. The van der Waals surface area contributed by atoms with Gasteiger partial charge in [-0.15, -0.1) is 0 Å². The quantitative estimate of drug-likeness (QED) is 0.659. The largest absolute Gasteiger partial charge is 0.449 e. The predicted octanol–water partition coefficient (Wildman–Crippen LogP) is 0.104. The predicted molar refractivity (Wildman–Crippen MR) is 47.0 cm³/mol. The molecule has 5 nitrogen and oxygen atoms in total. The molecule has 13 heavy (non-hydrogen) atoms. The molecule has 2 N–H and O–H groups in total. The molecule has 76 valence electrons. The highest BCUT2D eigenvalue weighted by Gasteiger charge is 2.25. The Bertz CT molecular complexity index is 175. The molecule has 1 fully saturated rings. The summed E-state index contributed by atoms with van der Waals surface area (Å²) in [6.45, 7) is 2.98. The monoisotopic (exact) mass is 188 g/mol. The van der Waals surface area contributed by atoms with E-state index in [0.717, 1.165) is 19.4 Å². The van der Waals surface area contributed by atoms with Crippen LogP contribution in [-0.2, 0) is 4.74 Å². The molecule has 1 aliphatic rings. The number of carbonyl (C=O) groups is 1. The number of hydrazine groups is 1. The van der Waals surface area contributed by atoms with Gasteiger partial charge in [0, 0.05) is 6.54 Å². The summed E-state index contributed by atoms with van der Waals surface area (Å²) in [5, 5.41) is 10.7. The van der Waals surface area contributed by atoms with E-state index in [4.69, 9.17) is 9.84 Å². The number of aliphatic hydroxyl groups is 1. The van der Waals surface area contributed by atoms with Crippen LogP contribution in [0.4, 0.5) is 4.79 Å². The van der Waals surface area contributed by atoms with Crippen LogP contribution in [0, 0.1) is 0 Å². The van der Waals surface area contributed by atoms with Crippen LogP contribution < -0.4 is 5.43 Å². The molecule has 1 aliphatic heterocycles. The minimum absolute atomic E-state index is 0.0457. The van der Waals surface area contributed by atoms with Crippen LogP contribution in [0.3, 0.4) is 0 Å². The van der Waals surface area contributed by atoms with Crippen LogP contribution in [0.1, 0.15) is 19.8 Å². The van der Waals surface area contributed by atoms with E-state index in [9.17, 15) is 4.79 Å². The molecule has 0 aromatic heterocycles. The number of aliphatic hydroxyl groups excluding tert-OH is 1. The maximum atomic E-state index is 11.0. The molecule has 1 unspecified atom stereocenters. The average Bonchev–Trinajstić information content (AvgIpc) is 2.52. The Labute approximate surface area is 77.6 Å². The number of hydrogen-bond donors (Lipinski definition) is 2. The van der Waals surface area contributed by atoms with Gasteiger partial charge in [0.05, 0.1) is 19.3 Å². The lowest BCUT2D eigenvalue weighted by molar-refractivity contribution is 0.0836. The van der Waals surface area contributed by atoms with Crippen molar-refractivity contribution in [3.8, 4) is 0 Å². The number of amides is 1. The summed E-state index contributed by atoms with van der Waals surface area (Å²) >= 11 is 0. The number of nitrogens with zero attached hydrogens (tertiary/aromatic N) is 1. The Balaban J connectivity index is 2.30. The van der Waals surface area contributed by atoms with Gasteiger partial charge in [0.25, 0.3) is 0 Å². The van der Waals surface area contributed by atoms with Gasteiger partial charge in [-0.25, -0.2) is 9.80 Å². The van der Waals surface area contributed by atoms with Crippen molar-refractivity contribution >= 4 is 6.09 Å². The zero-order chi connectivity index (χ0) is 9.68. The summed E-state index contributed by atoms with van der Waals surface area (Å²) in [7, 11) is 0. The van der Waals surface area contributed by atoms with Crippen LogP contribution in [0.15, 0.2) is 0 Å². The minimum atomic E-state index is -0.442. The van der Waals surface area contributed by atoms with Gasteiger partial charge >= 0.3 is 6.09 Å². The molecule has 1 amide bonds. The first-order chi connectivity index (χ1) is 6.27. The van der Waals surface area contributed by atoms with Crippen molar-refractivity contribution in [2.45, 2.75) is 25.8 Å². The van der Waals surface area contributed by atoms with E-state index in [1.54, 1.807) is 11.9 Å². The fourth-order valence-corrected chi connectivity index (χ4v) is 1.45. The van der Waals surface area contributed by atoms with E-state index in [1.807, 2.05) is 0 Å². The second-order valence-electron chi connectivity index (χ2n) is 3.00. The summed E-state index contributed by atoms with van der Waals surface area (Å²) in [5.74, 6) is 0. The van der Waals surface area contributed by atoms with Gasteiger partial charge in [0.1, 0.15) is 0 Å². The van der Waals surface area contributed by atoms with Crippen LogP contribution in [-0.4, -0.2) is 42.0 Å². The number of nitrogens with one attached hydrogen (secondary N) is 1. The first-order valence-electron chi connectivity index (χ1n) is 4.58. The van der Waals surface area contributed by atoms with Gasteiger partial charge in [0.2, 0.25) is 0 Å². The number of hydrogen-bond acceptors (Lipinski definition) is 4. The molecule has 1 saturated heterocycles. The average molecular weight is 188 g/mol. The van der Waals surface area contributed by atoms with Crippen molar-refractivity contribution < 1.29 is 14.6 Å². The third-order valence-electron chi connectivity index (χ3n) is 2.10. The van der Waals surface area contributed by atoms with Gasteiger partial charge < -0.3 is 9.84 Å². The topological polar surface area (TPSA) is 61.8 Å².